The third kappa shape index (κ3) is 6.36. The minimum Gasteiger partial charge on any atom is -0.496 e. The number of aryl methyl sites for hydroxylation is 2. The van der Waals surface area contributed by atoms with Gasteiger partial charge in [0.15, 0.2) is 5.96 Å². The number of guanidine groups is 1. The number of benzene rings is 1. The van der Waals surface area contributed by atoms with Crippen LogP contribution in [0.5, 0.6) is 11.5 Å². The van der Waals surface area contributed by atoms with E-state index in [1.165, 1.54) is 5.56 Å². The van der Waals surface area contributed by atoms with Crippen molar-refractivity contribution < 1.29 is 14.2 Å². The maximum Gasteiger partial charge on any atom is 0.191 e. The number of hydrogen-bond acceptors (Lipinski definition) is 5. The number of pyridine rings is 1. The topological polar surface area (TPSA) is 77.0 Å². The first-order valence-corrected chi connectivity index (χ1v) is 11.4. The first-order valence-electron chi connectivity index (χ1n) is 11.4. The largest absolute Gasteiger partial charge is 0.496 e. The minimum atomic E-state index is 0.188. The Morgan fingerprint density at radius 2 is 2.09 bits per heavy atom. The van der Waals surface area contributed by atoms with Crippen LogP contribution in [0, 0.1) is 20.8 Å². The highest BCUT2D eigenvalue weighted by Crippen LogP contribution is 2.24. The summed E-state index contributed by atoms with van der Waals surface area (Å²) in [6, 6.07) is 6.26. The van der Waals surface area contributed by atoms with E-state index in [1.807, 2.05) is 20.0 Å². The van der Waals surface area contributed by atoms with Crippen LogP contribution in [-0.4, -0.2) is 43.9 Å². The van der Waals surface area contributed by atoms with E-state index in [1.54, 1.807) is 7.11 Å². The number of aromatic nitrogens is 1. The molecule has 2 aromatic rings. The summed E-state index contributed by atoms with van der Waals surface area (Å²) in [5.74, 6) is 2.49. The van der Waals surface area contributed by atoms with Crippen molar-refractivity contribution in [2.24, 2.45) is 4.99 Å². The van der Waals surface area contributed by atoms with Crippen molar-refractivity contribution in [1.82, 2.24) is 15.6 Å². The van der Waals surface area contributed by atoms with E-state index < -0.39 is 0 Å². The average Bonchev–Trinajstić information content (AvgIpc) is 3.30. The summed E-state index contributed by atoms with van der Waals surface area (Å²) in [5.41, 5.74) is 5.23. The summed E-state index contributed by atoms with van der Waals surface area (Å²) >= 11 is 0. The molecule has 0 saturated carbocycles. The molecule has 1 fully saturated rings. The Hall–Kier alpha value is -2.80. The summed E-state index contributed by atoms with van der Waals surface area (Å²) in [5, 5.41) is 6.70. The van der Waals surface area contributed by atoms with Crippen molar-refractivity contribution in [2.45, 2.75) is 59.7 Å². The van der Waals surface area contributed by atoms with E-state index >= 15 is 0 Å². The second-order valence-corrected chi connectivity index (χ2v) is 8.15. The van der Waals surface area contributed by atoms with Gasteiger partial charge in [-0.15, -0.1) is 0 Å². The van der Waals surface area contributed by atoms with E-state index in [-0.39, 0.29) is 6.10 Å². The van der Waals surface area contributed by atoms with Crippen LogP contribution in [0.1, 0.15) is 47.7 Å². The molecule has 1 saturated heterocycles. The Bertz CT molecular complexity index is 924. The second-order valence-electron chi connectivity index (χ2n) is 8.15. The molecule has 174 valence electrons. The van der Waals surface area contributed by atoms with Gasteiger partial charge >= 0.3 is 0 Å². The van der Waals surface area contributed by atoms with Gasteiger partial charge in [-0.1, -0.05) is 12.1 Å². The lowest BCUT2D eigenvalue weighted by Crippen LogP contribution is -2.37. The highest BCUT2D eigenvalue weighted by molar-refractivity contribution is 5.79. The van der Waals surface area contributed by atoms with Crippen molar-refractivity contribution >= 4 is 5.96 Å². The third-order valence-corrected chi connectivity index (χ3v) is 5.60. The zero-order valence-electron chi connectivity index (χ0n) is 20.0. The molecule has 1 aromatic carbocycles. The number of methoxy groups -OCH3 is 1. The summed E-state index contributed by atoms with van der Waals surface area (Å²) in [4.78, 5) is 9.35. The molecule has 7 nitrogen and oxygen atoms in total. The molecule has 1 aliphatic rings. The van der Waals surface area contributed by atoms with E-state index in [9.17, 15) is 0 Å². The Kier molecular flexibility index (Phi) is 8.73. The second kappa shape index (κ2) is 11.7. The summed E-state index contributed by atoms with van der Waals surface area (Å²) < 4.78 is 17.3. The molecule has 2 heterocycles. The maximum atomic E-state index is 6.12. The lowest BCUT2D eigenvalue weighted by molar-refractivity contribution is 0.0676. The van der Waals surface area contributed by atoms with E-state index in [0.29, 0.717) is 19.7 Å². The first-order chi connectivity index (χ1) is 15.5. The molecule has 1 aliphatic heterocycles. The fraction of sp³-hybridized carbons (Fsp3) is 0.520. The van der Waals surface area contributed by atoms with Crippen LogP contribution >= 0.6 is 0 Å². The first kappa shape index (κ1) is 23.9. The van der Waals surface area contributed by atoms with Gasteiger partial charge in [-0.3, -0.25) is 4.98 Å². The molecule has 3 rings (SSSR count). The highest BCUT2D eigenvalue weighted by atomic mass is 16.5. The van der Waals surface area contributed by atoms with Crippen LogP contribution < -0.4 is 20.1 Å². The summed E-state index contributed by atoms with van der Waals surface area (Å²) in [6.45, 7) is 11.4. The Morgan fingerprint density at radius 1 is 1.25 bits per heavy atom. The molecule has 2 N–H and O–H groups in total. The number of hydrogen-bond donors (Lipinski definition) is 2. The van der Waals surface area contributed by atoms with Crippen LogP contribution in [-0.2, 0) is 17.8 Å². The molecular formula is C25H36N4O3. The van der Waals surface area contributed by atoms with Gasteiger partial charge in [0.1, 0.15) is 18.1 Å². The molecule has 0 bridgehead atoms. The van der Waals surface area contributed by atoms with Gasteiger partial charge in [-0.2, -0.15) is 0 Å². The molecule has 7 heteroatoms. The predicted molar refractivity (Wildman–Crippen MR) is 128 cm³/mol. The number of nitrogens with zero attached hydrogens (tertiary/aromatic N) is 2. The normalized spacial score (nSPS) is 16.2. The van der Waals surface area contributed by atoms with Crippen LogP contribution in [0.2, 0.25) is 0 Å². The molecule has 0 amide bonds. The summed E-state index contributed by atoms with van der Waals surface area (Å²) in [6.07, 6.45) is 4.20. The number of ether oxygens (including phenoxy) is 3. The van der Waals surface area contributed by atoms with E-state index in [4.69, 9.17) is 19.2 Å². The monoisotopic (exact) mass is 440 g/mol. The third-order valence-electron chi connectivity index (χ3n) is 5.60. The number of aliphatic imine (C=N–C) groups is 1. The lowest BCUT2D eigenvalue weighted by atomic mass is 10.1. The Labute approximate surface area is 191 Å². The molecule has 0 spiro atoms. The van der Waals surface area contributed by atoms with Gasteiger partial charge in [0.25, 0.3) is 0 Å². The van der Waals surface area contributed by atoms with Gasteiger partial charge in [-0.25, -0.2) is 4.99 Å². The standard InChI is InChI=1S/C25H36N4O3/c1-6-26-25(29-15-22-19(4)24(30-5)18(3)13-27-22)28-14-20-10-9-17(2)12-23(20)32-16-21-8-7-11-31-21/h9-10,12-13,21H,6-8,11,14-16H2,1-5H3,(H2,26,28,29). The highest BCUT2D eigenvalue weighted by Gasteiger charge is 2.17. The molecule has 1 aromatic heterocycles. The zero-order chi connectivity index (χ0) is 22.9. The molecule has 0 radical (unpaired) electrons. The van der Waals surface area contributed by atoms with Crippen LogP contribution in [0.4, 0.5) is 0 Å². The van der Waals surface area contributed by atoms with Crippen molar-refractivity contribution in [3.8, 4) is 11.5 Å². The number of nitrogens with one attached hydrogen (secondary N) is 2. The van der Waals surface area contributed by atoms with Crippen LogP contribution in [0.25, 0.3) is 0 Å². The van der Waals surface area contributed by atoms with Gasteiger partial charge in [0, 0.05) is 36.0 Å². The van der Waals surface area contributed by atoms with Crippen molar-refractivity contribution in [3.63, 3.8) is 0 Å². The molecule has 1 unspecified atom stereocenters. The average molecular weight is 441 g/mol. The predicted octanol–water partition coefficient (Wildman–Crippen LogP) is 3.83. The van der Waals surface area contributed by atoms with Gasteiger partial charge < -0.3 is 24.8 Å². The fourth-order valence-electron chi connectivity index (χ4n) is 3.81. The quantitative estimate of drug-likeness (QED) is 0.456. The zero-order valence-corrected chi connectivity index (χ0v) is 20.0. The smallest absolute Gasteiger partial charge is 0.191 e. The Morgan fingerprint density at radius 3 is 2.81 bits per heavy atom. The Balaban J connectivity index is 1.68. The van der Waals surface area contributed by atoms with E-state index in [0.717, 1.165) is 65.8 Å². The summed E-state index contributed by atoms with van der Waals surface area (Å²) in [7, 11) is 1.69. The van der Waals surface area contributed by atoms with Crippen molar-refractivity contribution in [1.29, 1.82) is 0 Å². The number of rotatable bonds is 9. The minimum absolute atomic E-state index is 0.188. The van der Waals surface area contributed by atoms with Gasteiger partial charge in [-0.05, 0) is 52.2 Å². The van der Waals surface area contributed by atoms with Gasteiger partial charge in [0.2, 0.25) is 0 Å². The van der Waals surface area contributed by atoms with Crippen molar-refractivity contribution in [3.05, 3.63) is 52.3 Å². The van der Waals surface area contributed by atoms with Crippen LogP contribution in [0.15, 0.2) is 29.4 Å². The molecule has 0 aliphatic carbocycles. The SMILES string of the molecule is CCNC(=NCc1ccc(C)cc1OCC1CCCO1)NCc1ncc(C)c(OC)c1C. The molecular weight excluding hydrogens is 404 g/mol. The van der Waals surface area contributed by atoms with Gasteiger partial charge in [0.05, 0.1) is 32.0 Å². The fourth-order valence-corrected chi connectivity index (χ4v) is 3.81. The van der Waals surface area contributed by atoms with E-state index in [2.05, 4.69) is 47.7 Å². The van der Waals surface area contributed by atoms with Crippen molar-refractivity contribution in [2.75, 3.05) is 26.9 Å². The molecule has 1 atom stereocenters. The maximum absolute atomic E-state index is 6.12. The lowest BCUT2D eigenvalue weighted by Gasteiger charge is -2.16. The van der Waals surface area contributed by atoms with Crippen LogP contribution in [0.3, 0.4) is 0 Å². The molecule has 32 heavy (non-hydrogen) atoms.